The summed E-state index contributed by atoms with van der Waals surface area (Å²) in [5, 5.41) is 21.4. The molecule has 0 atom stereocenters. The molecular weight excluding hydrogens is 436 g/mol. The van der Waals surface area contributed by atoms with Gasteiger partial charge in [-0.2, -0.15) is 5.26 Å². The molecule has 32 heavy (non-hydrogen) atoms. The first-order chi connectivity index (χ1) is 15.4. The SMILES string of the molecule is COc1cc(C=C(C#N)C(=O)Nc2cccc(Cl)c2)ccc1OCc1ccc(C(=O)O)o1. The Morgan fingerprint density at radius 1 is 1.19 bits per heavy atom. The largest absolute Gasteiger partial charge is 0.493 e. The van der Waals surface area contributed by atoms with E-state index in [2.05, 4.69) is 5.32 Å². The summed E-state index contributed by atoms with van der Waals surface area (Å²) < 4.78 is 16.1. The summed E-state index contributed by atoms with van der Waals surface area (Å²) in [6, 6.07) is 16.2. The lowest BCUT2D eigenvalue weighted by atomic mass is 10.1. The lowest BCUT2D eigenvalue weighted by Crippen LogP contribution is -2.13. The summed E-state index contributed by atoms with van der Waals surface area (Å²) in [5.74, 6) is -0.871. The first-order valence-corrected chi connectivity index (χ1v) is 9.59. The number of hydrogen-bond acceptors (Lipinski definition) is 6. The van der Waals surface area contributed by atoms with Gasteiger partial charge in [-0.3, -0.25) is 4.79 Å². The van der Waals surface area contributed by atoms with Gasteiger partial charge in [0.15, 0.2) is 11.5 Å². The van der Waals surface area contributed by atoms with Crippen molar-refractivity contribution in [3.05, 3.63) is 82.3 Å². The molecule has 2 N–H and O–H groups in total. The minimum atomic E-state index is -1.17. The van der Waals surface area contributed by atoms with Crippen LogP contribution in [0.4, 0.5) is 5.69 Å². The molecule has 0 saturated heterocycles. The minimum Gasteiger partial charge on any atom is -0.493 e. The van der Waals surface area contributed by atoms with Crippen molar-refractivity contribution in [1.29, 1.82) is 5.26 Å². The molecule has 0 radical (unpaired) electrons. The number of methoxy groups -OCH3 is 1. The van der Waals surface area contributed by atoms with E-state index in [0.29, 0.717) is 33.5 Å². The average molecular weight is 453 g/mol. The van der Waals surface area contributed by atoms with Gasteiger partial charge >= 0.3 is 5.97 Å². The van der Waals surface area contributed by atoms with Crippen LogP contribution in [0.1, 0.15) is 21.9 Å². The zero-order valence-electron chi connectivity index (χ0n) is 16.8. The number of carboxylic acid groups (broad SMARTS) is 1. The Kier molecular flexibility index (Phi) is 7.16. The summed E-state index contributed by atoms with van der Waals surface area (Å²) >= 11 is 5.91. The maximum Gasteiger partial charge on any atom is 0.371 e. The number of nitrogens with zero attached hydrogens (tertiary/aromatic N) is 1. The molecule has 0 unspecified atom stereocenters. The molecule has 0 fully saturated rings. The normalized spacial score (nSPS) is 10.8. The van der Waals surface area contributed by atoms with Gasteiger partial charge < -0.3 is 24.3 Å². The van der Waals surface area contributed by atoms with Crippen molar-refractivity contribution in [2.75, 3.05) is 12.4 Å². The number of carboxylic acids is 1. The number of nitrogens with one attached hydrogen (secondary N) is 1. The van der Waals surface area contributed by atoms with Gasteiger partial charge in [-0.15, -0.1) is 0 Å². The van der Waals surface area contributed by atoms with Crippen LogP contribution in [0.5, 0.6) is 11.5 Å². The van der Waals surface area contributed by atoms with Gasteiger partial charge in [-0.1, -0.05) is 23.7 Å². The van der Waals surface area contributed by atoms with Gasteiger partial charge in [0.2, 0.25) is 5.76 Å². The summed E-state index contributed by atoms with van der Waals surface area (Å²) in [6.07, 6.45) is 1.41. The fourth-order valence-corrected chi connectivity index (χ4v) is 2.88. The molecule has 0 aliphatic heterocycles. The van der Waals surface area contributed by atoms with Gasteiger partial charge in [-0.05, 0) is 54.1 Å². The number of aromatic carboxylic acids is 1. The molecule has 0 aliphatic carbocycles. The number of nitriles is 1. The number of furan rings is 1. The Hall–Kier alpha value is -4.22. The Morgan fingerprint density at radius 2 is 2.00 bits per heavy atom. The Morgan fingerprint density at radius 3 is 2.66 bits per heavy atom. The lowest BCUT2D eigenvalue weighted by Gasteiger charge is -2.11. The van der Waals surface area contributed by atoms with E-state index in [1.54, 1.807) is 42.5 Å². The van der Waals surface area contributed by atoms with Crippen LogP contribution in [0.3, 0.4) is 0 Å². The third-order valence-electron chi connectivity index (χ3n) is 4.19. The van der Waals surface area contributed by atoms with Crippen molar-refractivity contribution in [2.24, 2.45) is 0 Å². The van der Waals surface area contributed by atoms with Crippen molar-refractivity contribution in [1.82, 2.24) is 0 Å². The Bertz CT molecular complexity index is 1230. The van der Waals surface area contributed by atoms with Crippen molar-refractivity contribution < 1.29 is 28.6 Å². The third kappa shape index (κ3) is 5.68. The van der Waals surface area contributed by atoms with Crippen LogP contribution < -0.4 is 14.8 Å². The number of anilines is 1. The molecule has 9 heteroatoms. The number of rotatable bonds is 8. The second-order valence-electron chi connectivity index (χ2n) is 6.40. The Labute approximate surface area is 188 Å². The maximum atomic E-state index is 12.4. The molecule has 3 aromatic rings. The molecule has 0 aliphatic rings. The molecule has 0 spiro atoms. The van der Waals surface area contributed by atoms with E-state index < -0.39 is 11.9 Å². The minimum absolute atomic E-state index is 0.00961. The maximum absolute atomic E-state index is 12.4. The van der Waals surface area contributed by atoms with Crippen molar-refractivity contribution in [2.45, 2.75) is 6.61 Å². The van der Waals surface area contributed by atoms with Crippen molar-refractivity contribution in [3.8, 4) is 17.6 Å². The van der Waals surface area contributed by atoms with E-state index in [1.165, 1.54) is 25.3 Å². The van der Waals surface area contributed by atoms with E-state index in [0.717, 1.165) is 0 Å². The van der Waals surface area contributed by atoms with Crippen molar-refractivity contribution in [3.63, 3.8) is 0 Å². The zero-order chi connectivity index (χ0) is 23.1. The second-order valence-corrected chi connectivity index (χ2v) is 6.84. The van der Waals surface area contributed by atoms with Crippen LogP contribution in [0.2, 0.25) is 5.02 Å². The van der Waals surface area contributed by atoms with Crippen LogP contribution in [0.15, 0.2) is 64.6 Å². The van der Waals surface area contributed by atoms with Crippen LogP contribution >= 0.6 is 11.6 Å². The summed E-state index contributed by atoms with van der Waals surface area (Å²) in [6.45, 7) is -0.00961. The topological polar surface area (TPSA) is 122 Å². The van der Waals surface area contributed by atoms with E-state index in [4.69, 9.17) is 30.6 Å². The van der Waals surface area contributed by atoms with E-state index in [9.17, 15) is 14.9 Å². The molecular formula is C23H17ClN2O6. The van der Waals surface area contributed by atoms with Crippen LogP contribution in [-0.2, 0) is 11.4 Å². The van der Waals surface area contributed by atoms with Gasteiger partial charge in [0, 0.05) is 10.7 Å². The molecule has 2 aromatic carbocycles. The number of carbonyl (C=O) groups excluding carboxylic acids is 1. The van der Waals surface area contributed by atoms with Gasteiger partial charge in [0.25, 0.3) is 5.91 Å². The molecule has 8 nitrogen and oxygen atoms in total. The predicted octanol–water partition coefficient (Wildman–Crippen LogP) is 4.76. The number of benzene rings is 2. The third-order valence-corrected chi connectivity index (χ3v) is 4.42. The first-order valence-electron chi connectivity index (χ1n) is 9.21. The first kappa shape index (κ1) is 22.5. The van der Waals surface area contributed by atoms with E-state index in [-0.39, 0.29) is 17.9 Å². The smallest absolute Gasteiger partial charge is 0.371 e. The number of carbonyl (C=O) groups is 2. The molecule has 1 amide bonds. The molecule has 162 valence electrons. The molecule has 1 heterocycles. The van der Waals surface area contributed by atoms with E-state index >= 15 is 0 Å². The average Bonchev–Trinajstić information content (AvgIpc) is 3.25. The Balaban J connectivity index is 1.74. The summed E-state index contributed by atoms with van der Waals surface area (Å²) in [5.41, 5.74) is 0.893. The van der Waals surface area contributed by atoms with Crippen molar-refractivity contribution >= 4 is 35.2 Å². The lowest BCUT2D eigenvalue weighted by molar-refractivity contribution is -0.112. The van der Waals surface area contributed by atoms with Gasteiger partial charge in [0.05, 0.1) is 7.11 Å². The number of amides is 1. The van der Waals surface area contributed by atoms with Gasteiger partial charge in [0.1, 0.15) is 24.0 Å². The second kappa shape index (κ2) is 10.2. The van der Waals surface area contributed by atoms with Crippen LogP contribution in [0.25, 0.3) is 6.08 Å². The molecule has 1 aromatic heterocycles. The fraction of sp³-hybridized carbons (Fsp3) is 0.0870. The van der Waals surface area contributed by atoms with Crippen LogP contribution in [0, 0.1) is 11.3 Å². The number of halogens is 1. The monoisotopic (exact) mass is 452 g/mol. The highest BCUT2D eigenvalue weighted by Crippen LogP contribution is 2.30. The standard InChI is InChI=1S/C23H17ClN2O6/c1-30-21-10-14(5-7-19(21)31-13-18-6-8-20(32-18)23(28)29)9-15(12-25)22(27)26-17-4-2-3-16(24)11-17/h2-11H,13H2,1H3,(H,26,27)(H,28,29). The van der Waals surface area contributed by atoms with E-state index in [1.807, 2.05) is 6.07 Å². The quantitative estimate of drug-likeness (QED) is 0.373. The zero-order valence-corrected chi connectivity index (χ0v) is 17.6. The molecule has 0 saturated carbocycles. The highest BCUT2D eigenvalue weighted by atomic mass is 35.5. The number of ether oxygens (including phenoxy) is 2. The van der Waals surface area contributed by atoms with Crippen LogP contribution in [-0.4, -0.2) is 24.1 Å². The highest BCUT2D eigenvalue weighted by molar-refractivity contribution is 6.31. The molecule has 0 bridgehead atoms. The fourth-order valence-electron chi connectivity index (χ4n) is 2.69. The molecule has 3 rings (SSSR count). The number of hydrogen-bond donors (Lipinski definition) is 2. The summed E-state index contributed by atoms with van der Waals surface area (Å²) in [4.78, 5) is 23.3. The highest BCUT2D eigenvalue weighted by Gasteiger charge is 2.13. The summed E-state index contributed by atoms with van der Waals surface area (Å²) in [7, 11) is 1.45. The predicted molar refractivity (Wildman–Crippen MR) is 117 cm³/mol. The van der Waals surface area contributed by atoms with Gasteiger partial charge in [-0.25, -0.2) is 4.79 Å².